The molecule has 2 N–H and O–H groups in total. The predicted octanol–water partition coefficient (Wildman–Crippen LogP) is 4.09. The smallest absolute Gasteiger partial charge is 0.407 e. The van der Waals surface area contributed by atoms with Crippen LogP contribution in [0.1, 0.15) is 22.3 Å². The van der Waals surface area contributed by atoms with E-state index in [9.17, 15) is 9.90 Å². The van der Waals surface area contributed by atoms with E-state index in [0.29, 0.717) is 6.42 Å². The van der Waals surface area contributed by atoms with Crippen LogP contribution in [0.3, 0.4) is 0 Å². The number of hydrogen-bond acceptors (Lipinski definition) is 3. The molecule has 0 fully saturated rings. The molecule has 0 unspecified atom stereocenters. The van der Waals surface area contributed by atoms with Crippen LogP contribution < -0.4 is 5.32 Å². The molecule has 1 atom stereocenters. The van der Waals surface area contributed by atoms with Gasteiger partial charge in [-0.3, -0.25) is 0 Å². The Morgan fingerprint density at radius 3 is 2.54 bits per heavy atom. The first-order chi connectivity index (χ1) is 13.7. The Morgan fingerprint density at radius 2 is 1.71 bits per heavy atom. The van der Waals surface area contributed by atoms with Crippen molar-refractivity contribution < 1.29 is 14.6 Å². The summed E-state index contributed by atoms with van der Waals surface area (Å²) in [7, 11) is 0. The third-order valence-electron chi connectivity index (χ3n) is 5.17. The highest BCUT2D eigenvalue weighted by atomic mass is 16.5. The predicted molar refractivity (Wildman–Crippen MR) is 109 cm³/mol. The minimum atomic E-state index is -0.511. The van der Waals surface area contributed by atoms with Crippen molar-refractivity contribution in [1.29, 1.82) is 0 Å². The van der Waals surface area contributed by atoms with Crippen LogP contribution in [0.5, 0.6) is 0 Å². The van der Waals surface area contributed by atoms with Gasteiger partial charge in [0.2, 0.25) is 0 Å². The van der Waals surface area contributed by atoms with Crippen LogP contribution in [0, 0.1) is 0 Å². The summed E-state index contributed by atoms with van der Waals surface area (Å²) in [6, 6.07) is 23.9. The van der Waals surface area contributed by atoms with Gasteiger partial charge in [-0.15, -0.1) is 0 Å². The van der Waals surface area contributed by atoms with Crippen LogP contribution >= 0.6 is 0 Å². The molecule has 28 heavy (non-hydrogen) atoms. The molecule has 0 heterocycles. The highest BCUT2D eigenvalue weighted by Gasteiger charge is 2.21. The summed E-state index contributed by atoms with van der Waals surface area (Å²) in [5, 5.41) is 12.3. The summed E-state index contributed by atoms with van der Waals surface area (Å²) < 4.78 is 5.46. The lowest BCUT2D eigenvalue weighted by molar-refractivity contribution is 0.129. The van der Waals surface area contributed by atoms with Gasteiger partial charge in [-0.2, -0.15) is 0 Å². The maximum atomic E-state index is 12.2. The van der Waals surface area contributed by atoms with Crippen LogP contribution in [0.4, 0.5) is 4.79 Å². The molecule has 0 saturated heterocycles. The fourth-order valence-electron chi connectivity index (χ4n) is 3.77. The van der Waals surface area contributed by atoms with Gasteiger partial charge in [-0.05, 0) is 46.2 Å². The summed E-state index contributed by atoms with van der Waals surface area (Å²) in [6.07, 6.45) is 0.908. The zero-order chi connectivity index (χ0) is 19.3. The Kier molecular flexibility index (Phi) is 5.40. The zero-order valence-electron chi connectivity index (χ0n) is 15.6. The molecule has 1 aliphatic rings. The molecule has 3 aromatic carbocycles. The van der Waals surface area contributed by atoms with Crippen LogP contribution in [0.2, 0.25) is 0 Å². The van der Waals surface area contributed by atoms with E-state index in [1.54, 1.807) is 0 Å². The number of nitrogens with one attached hydrogen (secondary N) is 1. The first kappa shape index (κ1) is 18.3. The van der Waals surface area contributed by atoms with E-state index >= 15 is 0 Å². The minimum absolute atomic E-state index is 0.139. The normalized spacial score (nSPS) is 12.8. The molecule has 0 spiro atoms. The second-order valence-electron chi connectivity index (χ2n) is 7.07. The molecule has 0 radical (unpaired) electrons. The van der Waals surface area contributed by atoms with Crippen LogP contribution in [-0.4, -0.2) is 23.8 Å². The molecule has 4 heteroatoms. The Labute approximate surface area is 164 Å². The molecule has 3 aromatic rings. The number of aliphatic hydroxyl groups is 1. The minimum Gasteiger partial charge on any atom is -0.445 e. The van der Waals surface area contributed by atoms with Gasteiger partial charge in [-0.1, -0.05) is 72.8 Å². The van der Waals surface area contributed by atoms with Crippen molar-refractivity contribution in [3.05, 3.63) is 95.1 Å². The monoisotopic (exact) mass is 373 g/mol. The van der Waals surface area contributed by atoms with E-state index < -0.39 is 6.09 Å². The number of hydrogen-bond donors (Lipinski definition) is 2. The zero-order valence-corrected chi connectivity index (χ0v) is 15.6. The quantitative estimate of drug-likeness (QED) is 0.535. The van der Waals surface area contributed by atoms with Crippen LogP contribution in [-0.2, 0) is 24.2 Å². The third kappa shape index (κ3) is 3.92. The number of benzene rings is 3. The average molecular weight is 373 g/mol. The van der Waals surface area contributed by atoms with Gasteiger partial charge >= 0.3 is 6.09 Å². The molecular formula is C24H23NO3. The first-order valence-electron chi connectivity index (χ1n) is 9.51. The highest BCUT2D eigenvalue weighted by molar-refractivity contribution is 5.78. The van der Waals surface area contributed by atoms with Crippen molar-refractivity contribution in [2.24, 2.45) is 0 Å². The molecule has 4 rings (SSSR count). The number of carbonyl (C=O) groups is 1. The number of alkyl carbamates (subject to hydrolysis) is 1. The fourth-order valence-corrected chi connectivity index (χ4v) is 3.77. The molecule has 0 aliphatic heterocycles. The molecule has 0 saturated carbocycles. The van der Waals surface area contributed by atoms with Crippen molar-refractivity contribution in [3.8, 4) is 11.1 Å². The van der Waals surface area contributed by atoms with Gasteiger partial charge in [0, 0.05) is 0 Å². The summed E-state index contributed by atoms with van der Waals surface area (Å²) in [5.74, 6) is 0. The molecular weight excluding hydrogens is 350 g/mol. The largest absolute Gasteiger partial charge is 0.445 e. The molecule has 0 aromatic heterocycles. The van der Waals surface area contributed by atoms with Gasteiger partial charge in [-0.25, -0.2) is 4.79 Å². The number of aliphatic hydroxyl groups excluding tert-OH is 1. The molecule has 1 amide bonds. The number of amides is 1. The van der Waals surface area contributed by atoms with E-state index in [1.807, 2.05) is 48.5 Å². The maximum absolute atomic E-state index is 12.2. The lowest BCUT2D eigenvalue weighted by Crippen LogP contribution is -2.39. The van der Waals surface area contributed by atoms with Gasteiger partial charge in [0.1, 0.15) is 6.61 Å². The van der Waals surface area contributed by atoms with Gasteiger partial charge < -0.3 is 15.2 Å². The van der Waals surface area contributed by atoms with Crippen molar-refractivity contribution in [1.82, 2.24) is 5.32 Å². The molecule has 1 aliphatic carbocycles. The second-order valence-corrected chi connectivity index (χ2v) is 7.07. The summed E-state index contributed by atoms with van der Waals surface area (Å²) in [4.78, 5) is 12.2. The van der Waals surface area contributed by atoms with Crippen molar-refractivity contribution in [2.75, 3.05) is 6.61 Å². The first-order valence-corrected chi connectivity index (χ1v) is 9.51. The van der Waals surface area contributed by atoms with Crippen molar-refractivity contribution >= 4 is 6.09 Å². The Balaban J connectivity index is 1.38. The number of fused-ring (bicyclic) bond motifs is 3. The van der Waals surface area contributed by atoms with Crippen molar-refractivity contribution in [3.63, 3.8) is 0 Å². The van der Waals surface area contributed by atoms with E-state index in [2.05, 4.69) is 29.6 Å². The molecule has 4 nitrogen and oxygen atoms in total. The van der Waals surface area contributed by atoms with Crippen molar-refractivity contribution in [2.45, 2.75) is 25.5 Å². The van der Waals surface area contributed by atoms with E-state index in [4.69, 9.17) is 4.74 Å². The summed E-state index contributed by atoms with van der Waals surface area (Å²) in [6.45, 7) is 0.0759. The summed E-state index contributed by atoms with van der Waals surface area (Å²) >= 11 is 0. The lowest BCUT2D eigenvalue weighted by Gasteiger charge is -2.17. The lowest BCUT2D eigenvalue weighted by atomic mass is 10.0. The van der Waals surface area contributed by atoms with Gasteiger partial charge in [0.05, 0.1) is 12.6 Å². The van der Waals surface area contributed by atoms with Gasteiger partial charge in [0.25, 0.3) is 0 Å². The number of carbonyl (C=O) groups excluding carboxylic acids is 1. The maximum Gasteiger partial charge on any atom is 0.407 e. The highest BCUT2D eigenvalue weighted by Crippen LogP contribution is 2.38. The second kappa shape index (κ2) is 8.28. The third-order valence-corrected chi connectivity index (χ3v) is 5.17. The average Bonchev–Trinajstić information content (AvgIpc) is 3.12. The van der Waals surface area contributed by atoms with Crippen LogP contribution in [0.15, 0.2) is 72.8 Å². The SMILES string of the molecule is O=C(N[C@H](CO)Cc1ccccc1)OCc1cccc2c1Cc1ccccc1-2. The summed E-state index contributed by atoms with van der Waals surface area (Å²) in [5.41, 5.74) is 7.08. The topological polar surface area (TPSA) is 58.6 Å². The van der Waals surface area contributed by atoms with E-state index in [-0.39, 0.29) is 19.3 Å². The molecule has 0 bridgehead atoms. The Hall–Kier alpha value is -3.11. The Bertz CT molecular complexity index is 969. The number of ether oxygens (including phenoxy) is 1. The van der Waals surface area contributed by atoms with Crippen LogP contribution in [0.25, 0.3) is 11.1 Å². The van der Waals surface area contributed by atoms with Gasteiger partial charge in [0.15, 0.2) is 0 Å². The Morgan fingerprint density at radius 1 is 0.964 bits per heavy atom. The van der Waals surface area contributed by atoms with E-state index in [0.717, 1.165) is 17.5 Å². The van der Waals surface area contributed by atoms with E-state index in [1.165, 1.54) is 22.3 Å². The molecule has 142 valence electrons. The standard InChI is InChI=1S/C24H23NO3/c26-15-20(13-17-7-2-1-3-8-17)25-24(27)28-16-19-10-6-12-22-21-11-5-4-9-18(21)14-23(19)22/h1-12,20,26H,13-16H2,(H,25,27)/t20-/m0/s1. The number of rotatable bonds is 6. The fraction of sp³-hybridized carbons (Fsp3) is 0.208.